The van der Waals surface area contributed by atoms with E-state index in [0.29, 0.717) is 12.4 Å². The predicted octanol–water partition coefficient (Wildman–Crippen LogP) is 3.89. The number of methoxy groups -OCH3 is 2. The van der Waals surface area contributed by atoms with Crippen molar-refractivity contribution in [3.05, 3.63) is 65.2 Å². The molecule has 4 atom stereocenters. The first-order valence-electron chi connectivity index (χ1n) is 12.6. The van der Waals surface area contributed by atoms with Crippen molar-refractivity contribution >= 4 is 5.91 Å². The lowest BCUT2D eigenvalue weighted by molar-refractivity contribution is -0.183. The zero-order valence-electron chi connectivity index (χ0n) is 22.1. The highest BCUT2D eigenvalue weighted by Crippen LogP contribution is 2.44. The van der Waals surface area contributed by atoms with E-state index in [4.69, 9.17) is 28.4 Å². The summed E-state index contributed by atoms with van der Waals surface area (Å²) < 4.78 is 63.8. The maximum Gasteiger partial charge on any atom is 0.252 e. The molecule has 38 heavy (non-hydrogen) atoms. The molecule has 2 aromatic rings. The van der Waals surface area contributed by atoms with Gasteiger partial charge in [-0.1, -0.05) is 18.2 Å². The fraction of sp³-hybridized carbons (Fsp3) is 0.536. The third kappa shape index (κ3) is 6.50. The zero-order valence-corrected chi connectivity index (χ0v) is 22.1. The summed E-state index contributed by atoms with van der Waals surface area (Å²) in [5, 5.41) is 2.88. The Labute approximate surface area is 221 Å². The van der Waals surface area contributed by atoms with Gasteiger partial charge in [0.05, 0.1) is 39.1 Å². The molecule has 8 nitrogen and oxygen atoms in total. The number of hydrogen-bond acceptors (Lipinski definition) is 7. The van der Waals surface area contributed by atoms with Crippen LogP contribution in [0.4, 0.5) is 8.78 Å². The van der Waals surface area contributed by atoms with Gasteiger partial charge in [0.1, 0.15) is 23.5 Å². The second kappa shape index (κ2) is 12.0. The van der Waals surface area contributed by atoms with Crippen LogP contribution in [0.1, 0.15) is 37.8 Å². The molecule has 1 N–H and O–H groups in total. The Morgan fingerprint density at radius 2 is 1.79 bits per heavy atom. The van der Waals surface area contributed by atoms with E-state index in [9.17, 15) is 13.6 Å². The summed E-state index contributed by atoms with van der Waals surface area (Å²) in [5.41, 5.74) is -0.745. The molecule has 0 radical (unpaired) electrons. The largest absolute Gasteiger partial charge is 0.497 e. The van der Waals surface area contributed by atoms with Crippen LogP contribution in [0.5, 0.6) is 5.75 Å². The number of hydrogen-bond donors (Lipinski definition) is 1. The highest BCUT2D eigenvalue weighted by molar-refractivity contribution is 5.85. The van der Waals surface area contributed by atoms with Gasteiger partial charge in [-0.2, -0.15) is 0 Å². The van der Waals surface area contributed by atoms with Gasteiger partial charge in [-0.3, -0.25) is 4.79 Å². The van der Waals surface area contributed by atoms with Crippen LogP contribution in [0.15, 0.2) is 42.5 Å². The fourth-order valence-electron chi connectivity index (χ4n) is 4.98. The molecule has 0 aromatic heterocycles. The third-order valence-corrected chi connectivity index (χ3v) is 6.81. The Morgan fingerprint density at radius 3 is 2.50 bits per heavy atom. The van der Waals surface area contributed by atoms with Gasteiger partial charge < -0.3 is 33.7 Å². The molecule has 1 saturated carbocycles. The Morgan fingerprint density at radius 1 is 1.05 bits per heavy atom. The maximum absolute atomic E-state index is 14.3. The quantitative estimate of drug-likeness (QED) is 0.437. The molecule has 1 saturated heterocycles. The molecule has 4 rings (SSSR count). The van der Waals surface area contributed by atoms with Gasteiger partial charge in [0.15, 0.2) is 11.4 Å². The van der Waals surface area contributed by atoms with E-state index >= 15 is 0 Å². The third-order valence-electron chi connectivity index (χ3n) is 6.81. The van der Waals surface area contributed by atoms with Crippen LogP contribution in [0.3, 0.4) is 0 Å². The Hall–Kier alpha value is -2.63. The van der Waals surface area contributed by atoms with Crippen LogP contribution >= 0.6 is 0 Å². The van der Waals surface area contributed by atoms with Crippen molar-refractivity contribution in [2.45, 2.75) is 69.6 Å². The van der Waals surface area contributed by atoms with E-state index in [1.54, 1.807) is 28.1 Å². The zero-order chi connectivity index (χ0) is 27.3. The highest BCUT2D eigenvalue weighted by Gasteiger charge is 2.58. The first-order chi connectivity index (χ1) is 18.2. The number of nitrogens with one attached hydrogen (secondary N) is 1. The summed E-state index contributed by atoms with van der Waals surface area (Å²) in [6.45, 7) is 3.93. The van der Waals surface area contributed by atoms with E-state index < -0.39 is 41.3 Å². The van der Waals surface area contributed by atoms with Gasteiger partial charge >= 0.3 is 0 Å². The van der Waals surface area contributed by atoms with Crippen LogP contribution in [0, 0.1) is 11.6 Å². The van der Waals surface area contributed by atoms with E-state index in [2.05, 4.69) is 5.32 Å². The lowest BCUT2D eigenvalue weighted by Gasteiger charge is -2.43. The smallest absolute Gasteiger partial charge is 0.252 e. The second-order valence-corrected chi connectivity index (χ2v) is 9.98. The number of halogens is 2. The molecule has 1 amide bonds. The number of carbonyl (C=O) groups is 1. The molecule has 0 bridgehead atoms. The Kier molecular flexibility index (Phi) is 9.00. The molecule has 1 heterocycles. The van der Waals surface area contributed by atoms with Crippen molar-refractivity contribution < 1.29 is 42.0 Å². The molecule has 1 aliphatic heterocycles. The predicted molar refractivity (Wildman–Crippen MR) is 133 cm³/mol. The Bertz CT molecular complexity index is 1090. The van der Waals surface area contributed by atoms with Crippen LogP contribution in [0.25, 0.3) is 0 Å². The number of fused-ring (bicyclic) bond motifs is 1. The highest BCUT2D eigenvalue weighted by atomic mass is 19.1. The van der Waals surface area contributed by atoms with Crippen molar-refractivity contribution in [1.29, 1.82) is 0 Å². The van der Waals surface area contributed by atoms with Gasteiger partial charge in [0.25, 0.3) is 5.91 Å². The van der Waals surface area contributed by atoms with Gasteiger partial charge in [-0.05, 0) is 43.7 Å². The minimum Gasteiger partial charge on any atom is -0.497 e. The van der Waals surface area contributed by atoms with Gasteiger partial charge in [0, 0.05) is 32.1 Å². The summed E-state index contributed by atoms with van der Waals surface area (Å²) in [5.74, 6) is -2.04. The van der Waals surface area contributed by atoms with Crippen molar-refractivity contribution in [1.82, 2.24) is 5.32 Å². The van der Waals surface area contributed by atoms with Gasteiger partial charge in [-0.15, -0.1) is 0 Å². The maximum atomic E-state index is 14.3. The van der Waals surface area contributed by atoms with Gasteiger partial charge in [-0.25, -0.2) is 8.78 Å². The topological polar surface area (TPSA) is 84.5 Å². The summed E-state index contributed by atoms with van der Waals surface area (Å²) in [6.07, 6.45) is -1.55. The monoisotopic (exact) mass is 535 g/mol. The molecule has 2 aromatic carbocycles. The summed E-state index contributed by atoms with van der Waals surface area (Å²) in [7, 11) is 3.12. The summed E-state index contributed by atoms with van der Waals surface area (Å²) >= 11 is 0. The van der Waals surface area contributed by atoms with Crippen LogP contribution in [-0.4, -0.2) is 63.0 Å². The average Bonchev–Trinajstić information content (AvgIpc) is 3.21. The molecule has 2 fully saturated rings. The van der Waals surface area contributed by atoms with Crippen molar-refractivity contribution in [3.63, 3.8) is 0 Å². The molecular formula is C28H35F2NO7. The van der Waals surface area contributed by atoms with E-state index in [0.717, 1.165) is 5.56 Å². The van der Waals surface area contributed by atoms with Crippen LogP contribution in [-0.2, 0) is 41.7 Å². The standard InChI is InChI=1S/C28H35F2NO7/c1-27(2)37-24-15-28(26(32)31-11-12-33-3,36-16-18-7-5-8-19(13-18)34-4)14-23(25(24)38-27)35-17-20-21(29)9-6-10-22(20)30/h5-10,13,23-25H,11-12,14-17H2,1-4H3,(H,31,32)/t23-,24-,25+,28-/m1/s1. The number of carbonyl (C=O) groups excluding carboxylic acids is 1. The number of rotatable bonds is 11. The van der Waals surface area contributed by atoms with Crippen LogP contribution < -0.4 is 10.1 Å². The number of ether oxygens (including phenoxy) is 6. The van der Waals surface area contributed by atoms with Crippen LogP contribution in [0.2, 0.25) is 0 Å². The lowest BCUT2D eigenvalue weighted by atomic mass is 9.78. The molecule has 0 spiro atoms. The molecule has 208 valence electrons. The number of amides is 1. The first kappa shape index (κ1) is 28.4. The molecule has 0 unspecified atom stereocenters. The molecule has 10 heteroatoms. The van der Waals surface area contributed by atoms with Gasteiger partial charge in [0.2, 0.25) is 0 Å². The van der Waals surface area contributed by atoms with Crippen molar-refractivity contribution in [2.75, 3.05) is 27.4 Å². The summed E-state index contributed by atoms with van der Waals surface area (Å²) in [4.78, 5) is 13.6. The van der Waals surface area contributed by atoms with E-state index in [1.165, 1.54) is 18.2 Å². The normalized spacial score (nSPS) is 26.1. The minimum absolute atomic E-state index is 0.0897. The number of benzene rings is 2. The minimum atomic E-state index is -1.36. The first-order valence-corrected chi connectivity index (χ1v) is 12.6. The second-order valence-electron chi connectivity index (χ2n) is 9.98. The molecule has 2 aliphatic rings. The average molecular weight is 536 g/mol. The van der Waals surface area contributed by atoms with E-state index in [1.807, 2.05) is 24.3 Å². The Balaban J connectivity index is 1.61. The van der Waals surface area contributed by atoms with E-state index in [-0.39, 0.29) is 44.1 Å². The SMILES string of the molecule is COCCNC(=O)[C@@]1(OCc2cccc(OC)c2)C[C@@H](OCc2c(F)cccc2F)[C@@H]2OC(C)(C)O[C@@H]2C1. The van der Waals surface area contributed by atoms with Crippen molar-refractivity contribution in [3.8, 4) is 5.75 Å². The lowest BCUT2D eigenvalue weighted by Crippen LogP contribution is -2.60. The van der Waals surface area contributed by atoms with Crippen molar-refractivity contribution in [2.24, 2.45) is 0 Å². The molecular weight excluding hydrogens is 500 g/mol. The summed E-state index contributed by atoms with van der Waals surface area (Å²) in [6, 6.07) is 11.0. The molecule has 1 aliphatic carbocycles. The fourth-order valence-corrected chi connectivity index (χ4v) is 4.98.